The second-order valence-electron chi connectivity index (χ2n) is 6.44. The van der Waals surface area contributed by atoms with E-state index in [0.717, 1.165) is 6.42 Å². The standard InChI is InChI=1S/C15H29N7O4/c1-10(2)9-12(22(3)4)14(24)18-8-7-17-13(23)11(20-15(25)26)5-6-19-21-16/h10-12,20H,5-9H2,1-4H3,(H,17,23)(H,18,24)(H,25,26). The number of hydrogen-bond acceptors (Lipinski definition) is 5. The van der Waals surface area contributed by atoms with Gasteiger partial charge in [0.1, 0.15) is 6.04 Å². The Morgan fingerprint density at radius 1 is 1.15 bits per heavy atom. The van der Waals surface area contributed by atoms with Gasteiger partial charge in [0.25, 0.3) is 0 Å². The molecule has 2 atom stereocenters. The van der Waals surface area contributed by atoms with E-state index in [-0.39, 0.29) is 38.0 Å². The third kappa shape index (κ3) is 10.4. The van der Waals surface area contributed by atoms with Crippen LogP contribution in [-0.2, 0) is 9.59 Å². The molecule has 4 N–H and O–H groups in total. The van der Waals surface area contributed by atoms with Crippen LogP contribution in [-0.4, -0.2) is 73.7 Å². The summed E-state index contributed by atoms with van der Waals surface area (Å²) in [5.41, 5.74) is 8.24. The van der Waals surface area contributed by atoms with Gasteiger partial charge in [-0.25, -0.2) is 4.79 Å². The van der Waals surface area contributed by atoms with E-state index in [4.69, 9.17) is 10.6 Å². The van der Waals surface area contributed by atoms with Gasteiger partial charge in [-0.15, -0.1) is 0 Å². The fraction of sp³-hybridized carbons (Fsp3) is 0.800. The zero-order chi connectivity index (χ0) is 20.1. The van der Waals surface area contributed by atoms with Crippen molar-refractivity contribution in [2.75, 3.05) is 33.7 Å². The molecule has 0 aliphatic carbocycles. The maximum atomic E-state index is 12.2. The van der Waals surface area contributed by atoms with Gasteiger partial charge in [0.05, 0.1) is 6.04 Å². The van der Waals surface area contributed by atoms with Crippen molar-refractivity contribution in [1.29, 1.82) is 0 Å². The monoisotopic (exact) mass is 371 g/mol. The molecule has 0 radical (unpaired) electrons. The first kappa shape index (κ1) is 23.5. The van der Waals surface area contributed by atoms with Crippen molar-refractivity contribution in [2.24, 2.45) is 11.0 Å². The Hall–Kier alpha value is -2.52. The first-order chi connectivity index (χ1) is 12.2. The van der Waals surface area contributed by atoms with Gasteiger partial charge in [0.2, 0.25) is 11.8 Å². The van der Waals surface area contributed by atoms with Crippen LogP contribution in [0.1, 0.15) is 26.7 Å². The number of nitrogens with zero attached hydrogens (tertiary/aromatic N) is 4. The second kappa shape index (κ2) is 12.8. The summed E-state index contributed by atoms with van der Waals surface area (Å²) in [5.74, 6) is -0.297. The number of carbonyl (C=O) groups is 3. The summed E-state index contributed by atoms with van der Waals surface area (Å²) in [7, 11) is 3.67. The molecule has 0 fully saturated rings. The van der Waals surface area contributed by atoms with Crippen LogP contribution in [0.25, 0.3) is 10.4 Å². The van der Waals surface area contributed by atoms with Crippen molar-refractivity contribution in [1.82, 2.24) is 20.9 Å². The van der Waals surface area contributed by atoms with E-state index in [0.29, 0.717) is 5.92 Å². The van der Waals surface area contributed by atoms with Crippen molar-refractivity contribution in [2.45, 2.75) is 38.8 Å². The Bertz CT molecular complexity index is 518. The zero-order valence-corrected chi connectivity index (χ0v) is 15.7. The summed E-state index contributed by atoms with van der Waals surface area (Å²) in [6.07, 6.45) is -0.581. The smallest absolute Gasteiger partial charge is 0.405 e. The number of rotatable bonds is 12. The molecular weight excluding hydrogens is 342 g/mol. The second-order valence-corrected chi connectivity index (χ2v) is 6.44. The number of carbonyl (C=O) groups excluding carboxylic acids is 2. The van der Waals surface area contributed by atoms with Gasteiger partial charge in [0, 0.05) is 24.5 Å². The molecule has 2 unspecified atom stereocenters. The van der Waals surface area contributed by atoms with E-state index < -0.39 is 18.0 Å². The highest BCUT2D eigenvalue weighted by molar-refractivity contribution is 5.85. The van der Waals surface area contributed by atoms with Gasteiger partial charge in [-0.1, -0.05) is 19.0 Å². The predicted octanol–water partition coefficient (Wildman–Crippen LogP) is 0.532. The third-order valence-corrected chi connectivity index (χ3v) is 3.54. The molecule has 0 aromatic carbocycles. The fourth-order valence-electron chi connectivity index (χ4n) is 2.26. The van der Waals surface area contributed by atoms with Crippen LogP contribution < -0.4 is 16.0 Å². The molecule has 0 aliphatic heterocycles. The number of nitrogens with one attached hydrogen (secondary N) is 3. The highest BCUT2D eigenvalue weighted by Gasteiger charge is 2.22. The van der Waals surface area contributed by atoms with E-state index in [9.17, 15) is 14.4 Å². The molecule has 0 saturated carbocycles. The van der Waals surface area contributed by atoms with E-state index in [1.54, 1.807) is 0 Å². The predicted molar refractivity (Wildman–Crippen MR) is 96.5 cm³/mol. The Kier molecular flexibility index (Phi) is 11.5. The molecule has 26 heavy (non-hydrogen) atoms. The van der Waals surface area contributed by atoms with Crippen LogP contribution in [0.15, 0.2) is 5.11 Å². The summed E-state index contributed by atoms with van der Waals surface area (Å²) in [4.78, 5) is 39.4. The van der Waals surface area contributed by atoms with Gasteiger partial charge < -0.3 is 21.1 Å². The van der Waals surface area contributed by atoms with Gasteiger partial charge in [-0.2, -0.15) is 0 Å². The van der Waals surface area contributed by atoms with Gasteiger partial charge in [-0.3, -0.25) is 14.5 Å². The van der Waals surface area contributed by atoms with Crippen LogP contribution >= 0.6 is 0 Å². The van der Waals surface area contributed by atoms with Gasteiger partial charge >= 0.3 is 6.09 Å². The topological polar surface area (TPSA) is 160 Å². The summed E-state index contributed by atoms with van der Waals surface area (Å²) < 4.78 is 0. The summed E-state index contributed by atoms with van der Waals surface area (Å²) >= 11 is 0. The van der Waals surface area contributed by atoms with Crippen molar-refractivity contribution in [3.63, 3.8) is 0 Å². The molecule has 0 saturated heterocycles. The van der Waals surface area contributed by atoms with Crippen molar-refractivity contribution >= 4 is 17.9 Å². The Balaban J connectivity index is 4.40. The van der Waals surface area contributed by atoms with Crippen LogP contribution in [0.3, 0.4) is 0 Å². The molecule has 148 valence electrons. The third-order valence-electron chi connectivity index (χ3n) is 3.54. The lowest BCUT2D eigenvalue weighted by atomic mass is 10.0. The van der Waals surface area contributed by atoms with Gasteiger partial charge in [-0.05, 0) is 38.4 Å². The molecule has 3 amide bonds. The Morgan fingerprint density at radius 2 is 1.73 bits per heavy atom. The number of carboxylic acid groups (broad SMARTS) is 1. The van der Waals surface area contributed by atoms with E-state index in [2.05, 4.69) is 26.0 Å². The lowest BCUT2D eigenvalue weighted by Crippen LogP contribution is -2.49. The van der Waals surface area contributed by atoms with Crippen molar-refractivity contribution in [3.05, 3.63) is 10.4 Å². The molecule has 11 nitrogen and oxygen atoms in total. The van der Waals surface area contributed by atoms with Gasteiger partial charge in [0.15, 0.2) is 0 Å². The average molecular weight is 371 g/mol. The molecule has 0 aromatic rings. The van der Waals surface area contributed by atoms with E-state index >= 15 is 0 Å². The minimum Gasteiger partial charge on any atom is -0.465 e. The zero-order valence-electron chi connectivity index (χ0n) is 15.7. The average Bonchev–Trinajstić information content (AvgIpc) is 2.54. The van der Waals surface area contributed by atoms with E-state index in [1.165, 1.54) is 0 Å². The molecule has 0 aliphatic rings. The van der Waals surface area contributed by atoms with Crippen LogP contribution in [0, 0.1) is 5.92 Å². The molecular formula is C15H29N7O4. The lowest BCUT2D eigenvalue weighted by Gasteiger charge is -2.25. The minimum atomic E-state index is -1.35. The lowest BCUT2D eigenvalue weighted by molar-refractivity contribution is -0.126. The quantitative estimate of drug-likeness (QED) is 0.170. The molecule has 11 heteroatoms. The largest absolute Gasteiger partial charge is 0.465 e. The fourth-order valence-corrected chi connectivity index (χ4v) is 2.26. The molecule has 0 bridgehead atoms. The first-order valence-corrected chi connectivity index (χ1v) is 8.41. The highest BCUT2D eigenvalue weighted by Crippen LogP contribution is 2.08. The maximum Gasteiger partial charge on any atom is 0.405 e. The number of likely N-dealkylation sites (N-methyl/N-ethyl adjacent to an activating group) is 1. The van der Waals surface area contributed by atoms with Crippen molar-refractivity contribution < 1.29 is 19.5 Å². The maximum absolute atomic E-state index is 12.2. The van der Waals surface area contributed by atoms with Crippen LogP contribution in [0.2, 0.25) is 0 Å². The summed E-state index contributed by atoms with van der Waals surface area (Å²) in [6.45, 7) is 4.45. The summed E-state index contributed by atoms with van der Waals surface area (Å²) in [5, 5.41) is 19.4. The minimum absolute atomic E-state index is 0.00861. The number of hydrogen-bond donors (Lipinski definition) is 4. The summed E-state index contributed by atoms with van der Waals surface area (Å²) in [6, 6.07) is -1.28. The van der Waals surface area contributed by atoms with Crippen LogP contribution in [0.5, 0.6) is 0 Å². The van der Waals surface area contributed by atoms with Crippen molar-refractivity contribution in [3.8, 4) is 0 Å². The number of azide groups is 1. The van der Waals surface area contributed by atoms with Crippen LogP contribution in [0.4, 0.5) is 4.79 Å². The molecule has 0 spiro atoms. The van der Waals surface area contributed by atoms with E-state index in [1.807, 2.05) is 32.8 Å². The normalized spacial score (nSPS) is 12.8. The highest BCUT2D eigenvalue weighted by atomic mass is 16.4. The Morgan fingerprint density at radius 3 is 2.19 bits per heavy atom. The molecule has 0 aromatic heterocycles. The molecule has 0 heterocycles. The first-order valence-electron chi connectivity index (χ1n) is 8.41. The number of amides is 3. The molecule has 0 rings (SSSR count). The Labute approximate surface area is 153 Å². The SMILES string of the molecule is CC(C)CC(C(=O)NCCNC(=O)C(CCN=[N+]=[N-])NC(=O)O)N(C)C.